The number of nitrogens with zero attached hydrogens (tertiary/aromatic N) is 1. The maximum Gasteiger partial charge on any atom is 0.0140 e. The molecule has 0 aromatic rings. The first-order valence-corrected chi connectivity index (χ1v) is 7.77. The largest absolute Gasteiger partial charge is 0.316 e. The Hall–Kier alpha value is -0.0800. The van der Waals surface area contributed by atoms with Gasteiger partial charge in [-0.25, -0.2) is 0 Å². The Bertz CT molecular complexity index is 264. The minimum Gasteiger partial charge on any atom is -0.316 e. The lowest BCUT2D eigenvalue weighted by Gasteiger charge is -2.40. The monoisotopic (exact) mass is 236 g/mol. The average Bonchev–Trinajstić information content (AvgIpc) is 2.89. The van der Waals surface area contributed by atoms with Crippen molar-refractivity contribution in [1.29, 1.82) is 0 Å². The zero-order valence-corrected chi connectivity index (χ0v) is 11.5. The Morgan fingerprint density at radius 3 is 2.76 bits per heavy atom. The summed E-state index contributed by atoms with van der Waals surface area (Å²) >= 11 is 0. The first-order chi connectivity index (χ1) is 8.31. The lowest BCUT2D eigenvalue weighted by molar-refractivity contribution is 0.0856. The van der Waals surface area contributed by atoms with E-state index < -0.39 is 0 Å². The Kier molecular flexibility index (Phi) is 3.45. The fourth-order valence-corrected chi connectivity index (χ4v) is 4.76. The highest BCUT2D eigenvalue weighted by atomic mass is 15.2. The molecule has 0 aromatic carbocycles. The summed E-state index contributed by atoms with van der Waals surface area (Å²) in [6.07, 6.45) is 7.22. The normalized spacial score (nSPS) is 47.3. The van der Waals surface area contributed by atoms with E-state index in [9.17, 15) is 0 Å². The highest BCUT2D eigenvalue weighted by Gasteiger charge is 2.46. The Morgan fingerprint density at radius 2 is 2.00 bits per heavy atom. The average molecular weight is 236 g/mol. The molecule has 0 aromatic heterocycles. The van der Waals surface area contributed by atoms with Gasteiger partial charge in [0.15, 0.2) is 0 Å². The molecule has 3 fully saturated rings. The minimum absolute atomic E-state index is 0.876. The zero-order valence-electron chi connectivity index (χ0n) is 11.5. The lowest BCUT2D eigenvalue weighted by atomic mass is 9.84. The highest BCUT2D eigenvalue weighted by Crippen LogP contribution is 2.40. The summed E-state index contributed by atoms with van der Waals surface area (Å²) in [5, 5.41) is 3.60. The molecule has 5 unspecified atom stereocenters. The van der Waals surface area contributed by atoms with Gasteiger partial charge < -0.3 is 5.32 Å². The van der Waals surface area contributed by atoms with Crippen LogP contribution in [0.15, 0.2) is 0 Å². The van der Waals surface area contributed by atoms with Gasteiger partial charge in [-0.15, -0.1) is 0 Å². The summed E-state index contributed by atoms with van der Waals surface area (Å²) in [5.41, 5.74) is 0. The molecule has 17 heavy (non-hydrogen) atoms. The van der Waals surface area contributed by atoms with Crippen LogP contribution in [0.2, 0.25) is 0 Å². The Balaban J connectivity index is 1.73. The van der Waals surface area contributed by atoms with Gasteiger partial charge in [0.05, 0.1) is 0 Å². The molecule has 1 N–H and O–H groups in total. The maximum atomic E-state index is 3.60. The maximum absolute atomic E-state index is 3.60. The lowest BCUT2D eigenvalue weighted by Crippen LogP contribution is -2.46. The van der Waals surface area contributed by atoms with Crippen molar-refractivity contribution in [2.24, 2.45) is 17.8 Å². The molecule has 5 atom stereocenters. The van der Waals surface area contributed by atoms with Crippen molar-refractivity contribution in [2.75, 3.05) is 19.6 Å². The van der Waals surface area contributed by atoms with E-state index in [1.807, 2.05) is 0 Å². The molecule has 0 bridgehead atoms. The zero-order chi connectivity index (χ0) is 11.8. The van der Waals surface area contributed by atoms with Crippen LogP contribution in [0.3, 0.4) is 0 Å². The number of rotatable bonds is 2. The van der Waals surface area contributed by atoms with E-state index in [-0.39, 0.29) is 0 Å². The van der Waals surface area contributed by atoms with Crippen LogP contribution in [0, 0.1) is 17.8 Å². The molecular formula is C15H28N2. The molecule has 3 aliphatic rings. The van der Waals surface area contributed by atoms with Gasteiger partial charge in [0, 0.05) is 18.6 Å². The van der Waals surface area contributed by atoms with Crippen molar-refractivity contribution in [1.82, 2.24) is 10.2 Å². The fourth-order valence-electron chi connectivity index (χ4n) is 4.76. The van der Waals surface area contributed by atoms with Crippen molar-refractivity contribution in [3.8, 4) is 0 Å². The van der Waals surface area contributed by atoms with Gasteiger partial charge in [-0.2, -0.15) is 0 Å². The molecule has 2 heterocycles. The van der Waals surface area contributed by atoms with E-state index in [0.29, 0.717) is 0 Å². The van der Waals surface area contributed by atoms with Gasteiger partial charge in [-0.3, -0.25) is 4.90 Å². The third kappa shape index (κ3) is 2.04. The standard InChI is InChI=1S/C15H28N2/c1-3-14-13-9-16-8-12(13)10-17(14)15-7-5-4-6-11(15)2/h11-16H,3-10H2,1-2H3. The molecule has 1 aliphatic carbocycles. The van der Waals surface area contributed by atoms with Crippen molar-refractivity contribution in [2.45, 2.75) is 58.0 Å². The fraction of sp³-hybridized carbons (Fsp3) is 1.00. The van der Waals surface area contributed by atoms with Crippen LogP contribution in [0.5, 0.6) is 0 Å². The molecule has 0 spiro atoms. The molecule has 0 amide bonds. The summed E-state index contributed by atoms with van der Waals surface area (Å²) in [6, 6.07) is 1.78. The predicted molar refractivity (Wildman–Crippen MR) is 72.1 cm³/mol. The van der Waals surface area contributed by atoms with E-state index in [1.165, 1.54) is 51.7 Å². The number of likely N-dealkylation sites (tertiary alicyclic amines) is 1. The summed E-state index contributed by atoms with van der Waals surface area (Å²) < 4.78 is 0. The molecule has 2 saturated heterocycles. The van der Waals surface area contributed by atoms with Gasteiger partial charge in [0.1, 0.15) is 0 Å². The van der Waals surface area contributed by atoms with E-state index in [1.54, 1.807) is 0 Å². The summed E-state index contributed by atoms with van der Waals surface area (Å²) in [7, 11) is 0. The van der Waals surface area contributed by atoms with E-state index >= 15 is 0 Å². The molecule has 3 rings (SSSR count). The van der Waals surface area contributed by atoms with E-state index in [4.69, 9.17) is 0 Å². The van der Waals surface area contributed by atoms with Crippen LogP contribution in [0.25, 0.3) is 0 Å². The van der Waals surface area contributed by atoms with Crippen LogP contribution in [-0.4, -0.2) is 36.6 Å². The number of fused-ring (bicyclic) bond motifs is 1. The van der Waals surface area contributed by atoms with Crippen molar-refractivity contribution in [3.05, 3.63) is 0 Å². The third-order valence-corrected chi connectivity index (χ3v) is 5.67. The molecule has 2 heteroatoms. The number of nitrogens with one attached hydrogen (secondary N) is 1. The molecule has 1 saturated carbocycles. The van der Waals surface area contributed by atoms with Gasteiger partial charge in [-0.05, 0) is 50.1 Å². The first-order valence-electron chi connectivity index (χ1n) is 7.77. The molecular weight excluding hydrogens is 208 g/mol. The van der Waals surface area contributed by atoms with Crippen LogP contribution in [-0.2, 0) is 0 Å². The summed E-state index contributed by atoms with van der Waals surface area (Å²) in [5.74, 6) is 2.84. The Morgan fingerprint density at radius 1 is 1.18 bits per heavy atom. The topological polar surface area (TPSA) is 15.3 Å². The van der Waals surface area contributed by atoms with Gasteiger partial charge in [-0.1, -0.05) is 26.7 Å². The predicted octanol–water partition coefficient (Wildman–Crippen LogP) is 2.49. The second-order valence-electron chi connectivity index (χ2n) is 6.58. The van der Waals surface area contributed by atoms with Crippen LogP contribution in [0.4, 0.5) is 0 Å². The summed E-state index contributed by atoms with van der Waals surface area (Å²) in [6.45, 7) is 8.82. The van der Waals surface area contributed by atoms with Crippen LogP contribution in [0.1, 0.15) is 46.0 Å². The third-order valence-electron chi connectivity index (χ3n) is 5.67. The smallest absolute Gasteiger partial charge is 0.0140 e. The van der Waals surface area contributed by atoms with E-state index in [0.717, 1.165) is 29.8 Å². The molecule has 98 valence electrons. The SMILES string of the molecule is CCC1C2CNCC2CN1C1CCCCC1C. The van der Waals surface area contributed by atoms with Crippen molar-refractivity contribution >= 4 is 0 Å². The molecule has 2 nitrogen and oxygen atoms in total. The van der Waals surface area contributed by atoms with Gasteiger partial charge in [0.25, 0.3) is 0 Å². The van der Waals surface area contributed by atoms with Crippen molar-refractivity contribution < 1.29 is 0 Å². The quantitative estimate of drug-likeness (QED) is 0.792. The van der Waals surface area contributed by atoms with Gasteiger partial charge in [0.2, 0.25) is 0 Å². The van der Waals surface area contributed by atoms with E-state index in [2.05, 4.69) is 24.1 Å². The van der Waals surface area contributed by atoms with Crippen LogP contribution < -0.4 is 5.32 Å². The first kappa shape index (κ1) is 12.0. The van der Waals surface area contributed by atoms with Gasteiger partial charge >= 0.3 is 0 Å². The number of hydrogen-bond donors (Lipinski definition) is 1. The Labute approximate surface area is 106 Å². The van der Waals surface area contributed by atoms with Crippen molar-refractivity contribution in [3.63, 3.8) is 0 Å². The minimum atomic E-state index is 0.876. The van der Waals surface area contributed by atoms with Crippen LogP contribution >= 0.6 is 0 Å². The highest BCUT2D eigenvalue weighted by molar-refractivity contribution is 5.01. The molecule has 0 radical (unpaired) electrons. The number of hydrogen-bond acceptors (Lipinski definition) is 2. The molecule has 2 aliphatic heterocycles. The summed E-state index contributed by atoms with van der Waals surface area (Å²) in [4.78, 5) is 2.92. The second kappa shape index (κ2) is 4.89. The second-order valence-corrected chi connectivity index (χ2v) is 6.58.